The highest BCUT2D eigenvalue weighted by molar-refractivity contribution is 6.31. The van der Waals surface area contributed by atoms with Crippen molar-refractivity contribution in [3.63, 3.8) is 0 Å². The zero-order chi connectivity index (χ0) is 8.55. The van der Waals surface area contributed by atoms with E-state index < -0.39 is 0 Å². The van der Waals surface area contributed by atoms with E-state index in [1.807, 2.05) is 12.1 Å². The fraction of sp³-hybridized carbons (Fsp3) is 0.222. The minimum atomic E-state index is 0.805. The summed E-state index contributed by atoms with van der Waals surface area (Å²) in [5.74, 6) is 0. The normalized spacial score (nSPS) is 14.2. The summed E-state index contributed by atoms with van der Waals surface area (Å²) in [6.07, 6.45) is 1.01. The highest BCUT2D eigenvalue weighted by Crippen LogP contribution is 2.23. The van der Waals surface area contributed by atoms with Gasteiger partial charge in [0.25, 0.3) is 0 Å². The Morgan fingerprint density at radius 2 is 2.33 bits per heavy atom. The standard InChI is InChI=1S/C9H9BClN/c10-4-9-8-2-1-7(11)3-6(8)5-12-9/h1-3H,4-5,10H2. The van der Waals surface area contributed by atoms with Crippen LogP contribution in [0.3, 0.4) is 0 Å². The molecule has 3 heteroatoms. The molecule has 0 radical (unpaired) electrons. The molecule has 0 N–H and O–H groups in total. The van der Waals surface area contributed by atoms with Crippen LogP contribution in [0.5, 0.6) is 0 Å². The molecule has 1 aliphatic rings. The van der Waals surface area contributed by atoms with E-state index >= 15 is 0 Å². The maximum atomic E-state index is 5.86. The fourth-order valence-electron chi connectivity index (χ4n) is 1.54. The molecule has 0 aliphatic carbocycles. The molecule has 1 heterocycles. The highest BCUT2D eigenvalue weighted by atomic mass is 35.5. The number of hydrogen-bond acceptors (Lipinski definition) is 1. The Bertz CT molecular complexity index is 346. The van der Waals surface area contributed by atoms with Gasteiger partial charge in [0.05, 0.1) is 6.54 Å². The molecular formula is C9H9BClN. The smallest absolute Gasteiger partial charge is 0.109 e. The zero-order valence-corrected chi connectivity index (χ0v) is 7.73. The lowest BCUT2D eigenvalue weighted by molar-refractivity contribution is 1.11. The van der Waals surface area contributed by atoms with Crippen molar-refractivity contribution in [2.24, 2.45) is 4.99 Å². The molecule has 0 unspecified atom stereocenters. The molecule has 0 atom stereocenters. The van der Waals surface area contributed by atoms with Crippen LogP contribution in [-0.4, -0.2) is 13.6 Å². The first-order chi connectivity index (χ1) is 5.81. The van der Waals surface area contributed by atoms with Crippen LogP contribution in [0.1, 0.15) is 11.1 Å². The molecule has 0 amide bonds. The quantitative estimate of drug-likeness (QED) is 0.579. The summed E-state index contributed by atoms with van der Waals surface area (Å²) < 4.78 is 0. The first-order valence-corrected chi connectivity index (χ1v) is 4.51. The van der Waals surface area contributed by atoms with E-state index in [0.717, 1.165) is 17.9 Å². The molecule has 12 heavy (non-hydrogen) atoms. The number of nitrogens with zero attached hydrogens (tertiary/aromatic N) is 1. The monoisotopic (exact) mass is 177 g/mol. The molecule has 1 aromatic rings. The molecule has 0 saturated heterocycles. The summed E-state index contributed by atoms with van der Waals surface area (Å²) in [6.45, 7) is 0.805. The summed E-state index contributed by atoms with van der Waals surface area (Å²) in [7, 11) is 2.13. The Hall–Kier alpha value is -0.755. The molecular weight excluding hydrogens is 168 g/mol. The summed E-state index contributed by atoms with van der Waals surface area (Å²) in [4.78, 5) is 4.42. The molecule has 2 rings (SSSR count). The van der Waals surface area contributed by atoms with Crippen LogP contribution in [0.25, 0.3) is 0 Å². The van der Waals surface area contributed by atoms with Crippen molar-refractivity contribution >= 4 is 25.2 Å². The third-order valence-corrected chi connectivity index (χ3v) is 2.39. The van der Waals surface area contributed by atoms with Crippen molar-refractivity contribution in [3.8, 4) is 0 Å². The van der Waals surface area contributed by atoms with Crippen molar-refractivity contribution in [1.29, 1.82) is 0 Å². The molecule has 0 fully saturated rings. The molecule has 0 spiro atoms. The largest absolute Gasteiger partial charge is 0.285 e. The summed E-state index contributed by atoms with van der Waals surface area (Å²) >= 11 is 5.86. The van der Waals surface area contributed by atoms with Crippen molar-refractivity contribution in [2.45, 2.75) is 12.9 Å². The molecule has 0 aromatic heterocycles. The van der Waals surface area contributed by atoms with Gasteiger partial charge >= 0.3 is 0 Å². The van der Waals surface area contributed by atoms with E-state index in [1.165, 1.54) is 16.8 Å². The number of benzene rings is 1. The van der Waals surface area contributed by atoms with Gasteiger partial charge in [-0.2, -0.15) is 0 Å². The van der Waals surface area contributed by atoms with E-state index in [1.54, 1.807) is 0 Å². The SMILES string of the molecule is BCC1=NCc2cc(Cl)ccc21. The van der Waals surface area contributed by atoms with E-state index in [9.17, 15) is 0 Å². The third-order valence-electron chi connectivity index (χ3n) is 2.15. The fourth-order valence-corrected chi connectivity index (χ4v) is 1.74. The molecule has 1 aromatic carbocycles. The second-order valence-electron chi connectivity index (χ2n) is 2.92. The van der Waals surface area contributed by atoms with Gasteiger partial charge in [-0.3, -0.25) is 4.99 Å². The van der Waals surface area contributed by atoms with E-state index in [0.29, 0.717) is 0 Å². The number of fused-ring (bicyclic) bond motifs is 1. The maximum Gasteiger partial charge on any atom is 0.109 e. The highest BCUT2D eigenvalue weighted by Gasteiger charge is 2.13. The third kappa shape index (κ3) is 1.16. The number of aliphatic imine (C=N–C) groups is 1. The average molecular weight is 177 g/mol. The summed E-state index contributed by atoms with van der Waals surface area (Å²) in [5.41, 5.74) is 3.75. The van der Waals surface area contributed by atoms with Gasteiger partial charge in [0, 0.05) is 10.7 Å². The second kappa shape index (κ2) is 2.94. The first kappa shape index (κ1) is 7.87. The van der Waals surface area contributed by atoms with Gasteiger partial charge in [0.15, 0.2) is 0 Å². The second-order valence-corrected chi connectivity index (χ2v) is 3.35. The zero-order valence-electron chi connectivity index (χ0n) is 6.97. The van der Waals surface area contributed by atoms with Crippen LogP contribution in [0.15, 0.2) is 23.2 Å². The minimum Gasteiger partial charge on any atom is -0.285 e. The maximum absolute atomic E-state index is 5.86. The molecule has 1 nitrogen and oxygen atoms in total. The van der Waals surface area contributed by atoms with Crippen molar-refractivity contribution in [2.75, 3.05) is 0 Å². The van der Waals surface area contributed by atoms with Gasteiger partial charge in [0.1, 0.15) is 7.85 Å². The van der Waals surface area contributed by atoms with Crippen LogP contribution in [0, 0.1) is 0 Å². The van der Waals surface area contributed by atoms with Crippen molar-refractivity contribution in [3.05, 3.63) is 34.3 Å². The van der Waals surface area contributed by atoms with Crippen molar-refractivity contribution < 1.29 is 0 Å². The Labute approximate surface area is 77.9 Å². The number of rotatable bonds is 1. The lowest BCUT2D eigenvalue weighted by Crippen LogP contribution is -1.96. The van der Waals surface area contributed by atoms with Crippen LogP contribution in [0.2, 0.25) is 11.3 Å². The van der Waals surface area contributed by atoms with Gasteiger partial charge < -0.3 is 0 Å². The van der Waals surface area contributed by atoms with Gasteiger partial charge in [-0.25, -0.2) is 0 Å². The number of halogens is 1. The van der Waals surface area contributed by atoms with Crippen LogP contribution in [0.4, 0.5) is 0 Å². The average Bonchev–Trinajstić information content (AvgIpc) is 2.46. The predicted octanol–water partition coefficient (Wildman–Crippen LogP) is 1.69. The van der Waals surface area contributed by atoms with E-state index in [-0.39, 0.29) is 0 Å². The van der Waals surface area contributed by atoms with Gasteiger partial charge in [-0.1, -0.05) is 17.7 Å². The lowest BCUT2D eigenvalue weighted by Gasteiger charge is -2.00. The predicted molar refractivity (Wildman–Crippen MR) is 55.0 cm³/mol. The Morgan fingerprint density at radius 1 is 1.50 bits per heavy atom. The Morgan fingerprint density at radius 3 is 3.08 bits per heavy atom. The first-order valence-electron chi connectivity index (χ1n) is 4.13. The summed E-state index contributed by atoms with van der Waals surface area (Å²) in [5, 5.41) is 0.807. The Kier molecular flexibility index (Phi) is 1.93. The van der Waals surface area contributed by atoms with Gasteiger partial charge in [0.2, 0.25) is 0 Å². The topological polar surface area (TPSA) is 12.4 Å². The van der Waals surface area contributed by atoms with Gasteiger partial charge in [-0.15, -0.1) is 0 Å². The molecule has 1 aliphatic heterocycles. The lowest BCUT2D eigenvalue weighted by atomic mass is 9.94. The van der Waals surface area contributed by atoms with Crippen LogP contribution < -0.4 is 0 Å². The molecule has 60 valence electrons. The molecule has 0 bridgehead atoms. The number of hydrogen-bond donors (Lipinski definition) is 0. The van der Waals surface area contributed by atoms with Crippen LogP contribution in [-0.2, 0) is 6.54 Å². The Balaban J connectivity index is 2.47. The van der Waals surface area contributed by atoms with Crippen molar-refractivity contribution in [1.82, 2.24) is 0 Å². The summed E-state index contributed by atoms with van der Waals surface area (Å²) in [6, 6.07) is 5.99. The minimum absolute atomic E-state index is 0.805. The molecule has 0 saturated carbocycles. The van der Waals surface area contributed by atoms with Gasteiger partial charge in [-0.05, 0) is 29.6 Å². The van der Waals surface area contributed by atoms with E-state index in [4.69, 9.17) is 11.6 Å². The van der Waals surface area contributed by atoms with E-state index in [2.05, 4.69) is 18.9 Å². The van der Waals surface area contributed by atoms with Crippen LogP contribution >= 0.6 is 11.6 Å².